The van der Waals surface area contributed by atoms with Crippen LogP contribution < -0.4 is 21.3 Å². The third kappa shape index (κ3) is 9.55. The van der Waals surface area contributed by atoms with Crippen molar-refractivity contribution in [3.05, 3.63) is 0 Å². The number of ketones is 1. The van der Waals surface area contributed by atoms with Gasteiger partial charge in [-0.2, -0.15) is 11.8 Å². The van der Waals surface area contributed by atoms with Crippen molar-refractivity contribution in [3.8, 4) is 12.3 Å². The van der Waals surface area contributed by atoms with Gasteiger partial charge in [-0.05, 0) is 69.0 Å². The Labute approximate surface area is 303 Å². The van der Waals surface area contributed by atoms with Gasteiger partial charge in [0.2, 0.25) is 17.6 Å². The molecule has 282 valence electrons. The molecule has 2 aliphatic carbocycles. The van der Waals surface area contributed by atoms with E-state index in [9.17, 15) is 32.4 Å². The Bertz CT molecular complexity index is 1450. The Balaban J connectivity index is 1.85. The second-order valence-electron chi connectivity index (χ2n) is 16.9. The smallest absolute Gasteiger partial charge is 0.315 e. The highest BCUT2D eigenvalue weighted by Gasteiger charge is 2.70. The van der Waals surface area contributed by atoms with Crippen molar-refractivity contribution in [1.82, 2.24) is 26.2 Å². The van der Waals surface area contributed by atoms with Gasteiger partial charge in [-0.3, -0.25) is 19.2 Å². The van der Waals surface area contributed by atoms with E-state index in [0.29, 0.717) is 25.1 Å². The summed E-state index contributed by atoms with van der Waals surface area (Å²) in [6.07, 6.45) is 11.1. The minimum Gasteiger partial charge on any atom is -0.349 e. The molecule has 5 atom stereocenters. The number of terminal acetylenes is 1. The summed E-state index contributed by atoms with van der Waals surface area (Å²) in [7, 11) is -3.57. The molecule has 3 aliphatic rings. The molecule has 0 aromatic carbocycles. The quantitative estimate of drug-likeness (QED) is 0.120. The van der Waals surface area contributed by atoms with Crippen molar-refractivity contribution in [1.29, 1.82) is 0 Å². The topological polar surface area (TPSA) is 171 Å². The van der Waals surface area contributed by atoms with Crippen molar-refractivity contribution in [2.45, 2.75) is 129 Å². The second kappa shape index (κ2) is 15.8. The van der Waals surface area contributed by atoms with Gasteiger partial charge in [0.15, 0.2) is 9.84 Å². The van der Waals surface area contributed by atoms with Crippen LogP contribution in [0.3, 0.4) is 0 Å². The van der Waals surface area contributed by atoms with E-state index in [0.717, 1.165) is 19.3 Å². The third-order valence-electron chi connectivity index (χ3n) is 10.8. The number of likely N-dealkylation sites (tertiary alicyclic amines) is 1. The molecule has 2 saturated carbocycles. The predicted octanol–water partition coefficient (Wildman–Crippen LogP) is 3.05. The molecular formula is C36H59N5O7S2. The molecule has 0 bridgehead atoms. The Morgan fingerprint density at radius 3 is 2.16 bits per heavy atom. The number of nitrogens with one attached hydrogen (secondary N) is 4. The van der Waals surface area contributed by atoms with E-state index in [2.05, 4.69) is 27.2 Å². The molecule has 50 heavy (non-hydrogen) atoms. The largest absolute Gasteiger partial charge is 0.349 e. The number of urea groups is 1. The average molecular weight is 738 g/mol. The number of piperidine rings is 1. The summed E-state index contributed by atoms with van der Waals surface area (Å²) >= 11 is 1.52. The average Bonchev–Trinajstić information content (AvgIpc) is 3.31. The maximum absolute atomic E-state index is 14.4. The molecule has 3 rings (SSSR count). The molecule has 14 heteroatoms. The first-order valence-corrected chi connectivity index (χ1v) is 20.7. The first-order chi connectivity index (χ1) is 23.0. The maximum atomic E-state index is 14.4. The standard InChI is InChI=1S/C36H59N5O7S2/c1-11-12-16-24(27(42)30(44)37-19-20-49-10)38-29(43)26-25-23(35(25,8)9)21-41(26)31(45)28(33(2,3)4)39-32(46)40-36(17-14-13-15-18-36)22-50(47,48)34(5,6)7/h1,23-26,28H,12-22H2,2-10H3,(H,37,44)(H,38,43)(H2,39,40,46)/t23?,24?,25?,26?,28-/m1/s1. The van der Waals surface area contributed by atoms with Crippen molar-refractivity contribution in [2.24, 2.45) is 22.7 Å². The van der Waals surface area contributed by atoms with Gasteiger partial charge in [0.1, 0.15) is 12.1 Å². The van der Waals surface area contributed by atoms with Gasteiger partial charge in [0.25, 0.3) is 5.91 Å². The summed E-state index contributed by atoms with van der Waals surface area (Å²) in [5, 5.41) is 11.2. The van der Waals surface area contributed by atoms with Crippen molar-refractivity contribution < 1.29 is 32.4 Å². The minimum atomic E-state index is -3.57. The molecule has 0 aromatic heterocycles. The number of hydrogen-bond acceptors (Lipinski definition) is 8. The summed E-state index contributed by atoms with van der Waals surface area (Å²) in [4.78, 5) is 69.5. The molecule has 0 spiro atoms. The summed E-state index contributed by atoms with van der Waals surface area (Å²) in [6, 6.07) is -3.79. The lowest BCUT2D eigenvalue weighted by atomic mass is 9.83. The number of carbonyl (C=O) groups is 5. The van der Waals surface area contributed by atoms with Gasteiger partial charge in [-0.15, -0.1) is 12.3 Å². The fourth-order valence-corrected chi connectivity index (χ4v) is 9.24. The number of Topliss-reactive ketones (excluding diaryl/α,β-unsaturated/α-hetero) is 1. The lowest BCUT2D eigenvalue weighted by Gasteiger charge is -2.41. The van der Waals surface area contributed by atoms with Crippen LogP contribution in [0.2, 0.25) is 0 Å². The van der Waals surface area contributed by atoms with Crippen LogP contribution >= 0.6 is 11.8 Å². The third-order valence-corrected chi connectivity index (χ3v) is 14.2. The van der Waals surface area contributed by atoms with Gasteiger partial charge in [0.05, 0.1) is 22.1 Å². The summed E-state index contributed by atoms with van der Waals surface area (Å²) in [5.41, 5.74) is -1.99. The number of thioether (sulfide) groups is 1. The molecule has 1 saturated heterocycles. The molecule has 4 N–H and O–H groups in total. The number of fused-ring (bicyclic) bond motifs is 1. The Kier molecular flexibility index (Phi) is 13.2. The lowest BCUT2D eigenvalue weighted by molar-refractivity contribution is -0.145. The highest BCUT2D eigenvalue weighted by atomic mass is 32.2. The highest BCUT2D eigenvalue weighted by Crippen LogP contribution is 2.65. The van der Waals surface area contributed by atoms with Crippen LogP contribution in [0.25, 0.3) is 0 Å². The van der Waals surface area contributed by atoms with Crippen molar-refractivity contribution in [3.63, 3.8) is 0 Å². The molecular weight excluding hydrogens is 679 g/mol. The molecule has 0 aromatic rings. The lowest BCUT2D eigenvalue weighted by Crippen LogP contribution is -2.64. The number of amides is 5. The van der Waals surface area contributed by atoms with Gasteiger partial charge in [0, 0.05) is 25.3 Å². The summed E-state index contributed by atoms with van der Waals surface area (Å²) < 4.78 is 25.6. The van der Waals surface area contributed by atoms with Crippen LogP contribution in [-0.4, -0.2) is 102 Å². The highest BCUT2D eigenvalue weighted by molar-refractivity contribution is 7.98. The second-order valence-corrected chi connectivity index (χ2v) is 20.6. The molecule has 1 aliphatic heterocycles. The van der Waals surface area contributed by atoms with Crippen LogP contribution in [0.15, 0.2) is 0 Å². The Morgan fingerprint density at radius 2 is 1.62 bits per heavy atom. The monoisotopic (exact) mass is 737 g/mol. The number of hydrogen-bond donors (Lipinski definition) is 4. The number of carbonyl (C=O) groups excluding carboxylic acids is 5. The molecule has 0 radical (unpaired) electrons. The molecule has 1 heterocycles. The SMILES string of the molecule is C#CCCC(NC(=O)C1C2C(CN1C(=O)[C@@H](NC(=O)NC1(CS(=O)(=O)C(C)(C)C)CCCCC1)C(C)(C)C)C2(C)C)C(=O)C(=O)NCCSC. The van der Waals surface area contributed by atoms with E-state index in [-0.39, 0.29) is 42.4 Å². The van der Waals surface area contributed by atoms with E-state index in [1.165, 1.54) is 16.7 Å². The minimum absolute atomic E-state index is 0.0273. The van der Waals surface area contributed by atoms with Gasteiger partial charge in [-0.25, -0.2) is 13.2 Å². The number of rotatable bonds is 14. The Morgan fingerprint density at radius 1 is 1.00 bits per heavy atom. The molecule has 12 nitrogen and oxygen atoms in total. The molecule has 4 unspecified atom stereocenters. The Hall–Kier alpha value is -2.79. The van der Waals surface area contributed by atoms with E-state index < -0.39 is 73.2 Å². The predicted molar refractivity (Wildman–Crippen MR) is 197 cm³/mol. The van der Waals surface area contributed by atoms with Crippen LogP contribution in [0.5, 0.6) is 0 Å². The van der Waals surface area contributed by atoms with Gasteiger partial charge < -0.3 is 26.2 Å². The van der Waals surface area contributed by atoms with E-state index >= 15 is 0 Å². The zero-order chi connectivity index (χ0) is 37.9. The van der Waals surface area contributed by atoms with Crippen LogP contribution in [0.1, 0.15) is 100 Å². The maximum Gasteiger partial charge on any atom is 0.315 e. The number of sulfone groups is 1. The fraction of sp³-hybridized carbons (Fsp3) is 0.806. The van der Waals surface area contributed by atoms with E-state index in [4.69, 9.17) is 6.42 Å². The normalized spacial score (nSPS) is 23.8. The van der Waals surface area contributed by atoms with Crippen LogP contribution in [0.4, 0.5) is 4.79 Å². The first-order valence-electron chi connectivity index (χ1n) is 17.7. The first kappa shape index (κ1) is 41.6. The van der Waals surface area contributed by atoms with E-state index in [1.807, 2.05) is 40.9 Å². The molecule has 5 amide bonds. The fourth-order valence-electron chi connectivity index (χ4n) is 7.42. The van der Waals surface area contributed by atoms with Gasteiger partial charge >= 0.3 is 6.03 Å². The van der Waals surface area contributed by atoms with E-state index in [1.54, 1.807) is 20.8 Å². The zero-order valence-electron chi connectivity index (χ0n) is 31.4. The zero-order valence-corrected chi connectivity index (χ0v) is 33.0. The summed E-state index contributed by atoms with van der Waals surface area (Å²) in [6.45, 7) is 15.1. The van der Waals surface area contributed by atoms with Gasteiger partial charge in [-0.1, -0.05) is 53.9 Å². The van der Waals surface area contributed by atoms with Crippen LogP contribution in [0, 0.1) is 35.0 Å². The van der Waals surface area contributed by atoms with Crippen LogP contribution in [-0.2, 0) is 29.0 Å². The molecule has 3 fully saturated rings. The summed E-state index contributed by atoms with van der Waals surface area (Å²) in [5.74, 6) is 0.124. The van der Waals surface area contributed by atoms with Crippen molar-refractivity contribution in [2.75, 3.05) is 30.9 Å². The van der Waals surface area contributed by atoms with Crippen molar-refractivity contribution >= 4 is 51.1 Å². The number of nitrogens with zero attached hydrogens (tertiary/aromatic N) is 1.